The third kappa shape index (κ3) is 4.36. The van der Waals surface area contributed by atoms with Crippen molar-refractivity contribution in [3.05, 3.63) is 35.3 Å². The van der Waals surface area contributed by atoms with Gasteiger partial charge in [-0.15, -0.1) is 0 Å². The summed E-state index contributed by atoms with van der Waals surface area (Å²) < 4.78 is 32.0. The van der Waals surface area contributed by atoms with Gasteiger partial charge in [0, 0.05) is 5.56 Å². The minimum absolute atomic E-state index is 0.121. The molecule has 0 unspecified atom stereocenters. The highest BCUT2D eigenvalue weighted by molar-refractivity contribution is 5.92. The maximum Gasteiger partial charge on any atom is 0.248 e. The lowest BCUT2D eigenvalue weighted by Gasteiger charge is -2.28. The Morgan fingerprint density at radius 1 is 1.15 bits per heavy atom. The number of amides is 1. The lowest BCUT2D eigenvalue weighted by atomic mass is 9.78. The van der Waals surface area contributed by atoms with Gasteiger partial charge in [-0.1, -0.05) is 57.5 Å². The second kappa shape index (κ2) is 7.47. The van der Waals surface area contributed by atoms with Gasteiger partial charge in [-0.3, -0.25) is 4.79 Å². The van der Waals surface area contributed by atoms with E-state index in [1.807, 2.05) is 0 Å². The normalized spacial score (nSPS) is 25.4. The fraction of sp³-hybridized carbons (Fsp3) is 0.611. The Hall–Kier alpha value is -1.31. The van der Waals surface area contributed by atoms with Gasteiger partial charge < -0.3 is 5.73 Å². The first-order valence-corrected chi connectivity index (χ1v) is 7.75. The molecule has 1 aliphatic carbocycles. The van der Waals surface area contributed by atoms with Gasteiger partial charge in [0.2, 0.25) is 5.91 Å². The zero-order valence-corrected chi connectivity index (χ0v) is 12.3. The summed E-state index contributed by atoms with van der Waals surface area (Å²) in [6.07, 6.45) is 8.84. The van der Waals surface area contributed by atoms with Crippen LogP contribution in [0, 0.1) is 11.8 Å². The number of hydrogen-bond donors (Lipinski definition) is 1. The molecule has 1 aromatic rings. The summed E-state index contributed by atoms with van der Waals surface area (Å²) in [5, 5.41) is 0. The van der Waals surface area contributed by atoms with Crippen molar-refractivity contribution < 1.29 is 10.3 Å². The first-order valence-electron chi connectivity index (χ1n) is 9.75. The van der Waals surface area contributed by atoms with Gasteiger partial charge in [-0.25, -0.2) is 0 Å². The van der Waals surface area contributed by atoms with Crippen molar-refractivity contribution in [3.63, 3.8) is 0 Å². The van der Waals surface area contributed by atoms with Crippen LogP contribution in [-0.2, 0) is 6.42 Å². The van der Waals surface area contributed by atoms with E-state index in [1.165, 1.54) is 38.5 Å². The Morgan fingerprint density at radius 3 is 2.20 bits per heavy atom. The molecule has 0 bridgehead atoms. The molecular formula is C18H27NO. The van der Waals surface area contributed by atoms with Gasteiger partial charge in [0.25, 0.3) is 0 Å². The maximum absolute atomic E-state index is 11.4. The van der Waals surface area contributed by atoms with Gasteiger partial charge in [0.15, 0.2) is 0 Å². The summed E-state index contributed by atoms with van der Waals surface area (Å²) in [5.41, 5.74) is 5.28. The fourth-order valence-corrected chi connectivity index (χ4v) is 3.15. The number of carbonyl (C=O) groups is 1. The topological polar surface area (TPSA) is 43.1 Å². The van der Waals surface area contributed by atoms with E-state index in [0.29, 0.717) is 17.9 Å². The molecule has 110 valence electrons. The predicted molar refractivity (Wildman–Crippen MR) is 83.6 cm³/mol. The average Bonchev–Trinajstić information content (AvgIpc) is 2.54. The maximum atomic E-state index is 11.4. The van der Waals surface area contributed by atoms with Crippen LogP contribution in [0.4, 0.5) is 0 Å². The van der Waals surface area contributed by atoms with E-state index in [4.69, 9.17) is 11.2 Å². The van der Waals surface area contributed by atoms with Crippen molar-refractivity contribution in [2.45, 2.75) is 58.3 Å². The molecule has 1 saturated carbocycles. The molecule has 2 N–H and O–H groups in total. The largest absolute Gasteiger partial charge is 0.366 e. The number of carbonyl (C=O) groups excluding carboxylic acids is 1. The average molecular weight is 277 g/mol. The Balaban J connectivity index is 2.07. The second-order valence-electron chi connectivity index (χ2n) is 5.93. The highest BCUT2D eigenvalue weighted by Gasteiger charge is 2.20. The van der Waals surface area contributed by atoms with E-state index in [2.05, 4.69) is 6.92 Å². The molecule has 0 heterocycles. The van der Waals surface area contributed by atoms with Crippen LogP contribution in [0.25, 0.3) is 0 Å². The van der Waals surface area contributed by atoms with E-state index < -0.39 is 5.91 Å². The number of nitrogens with two attached hydrogens (primary N) is 1. The highest BCUT2D eigenvalue weighted by atomic mass is 16.1. The molecule has 0 spiro atoms. The second-order valence-corrected chi connectivity index (χ2v) is 5.93. The molecule has 0 saturated heterocycles. The quantitative estimate of drug-likeness (QED) is 0.826. The van der Waals surface area contributed by atoms with Gasteiger partial charge >= 0.3 is 0 Å². The first kappa shape index (κ1) is 10.4. The molecule has 0 radical (unpaired) electrons. The van der Waals surface area contributed by atoms with Gasteiger partial charge in [-0.05, 0) is 42.3 Å². The molecule has 1 aromatic carbocycles. The molecule has 20 heavy (non-hydrogen) atoms. The van der Waals surface area contributed by atoms with E-state index in [-0.39, 0.29) is 29.7 Å². The SMILES string of the molecule is [2H]c1c([2H])c(C(N)=O)c([2H])c([2H])c1CCC1CCC(CCC)CC1. The number of primary amides is 1. The molecule has 1 aliphatic rings. The third-order valence-corrected chi connectivity index (χ3v) is 4.39. The van der Waals surface area contributed by atoms with Gasteiger partial charge in [0.1, 0.15) is 0 Å². The van der Waals surface area contributed by atoms with Crippen LogP contribution >= 0.6 is 0 Å². The van der Waals surface area contributed by atoms with Crippen molar-refractivity contribution in [3.8, 4) is 0 Å². The summed E-state index contributed by atoms with van der Waals surface area (Å²) in [4.78, 5) is 11.4. The predicted octanol–water partition coefficient (Wildman–Crippen LogP) is 4.32. The summed E-state index contributed by atoms with van der Waals surface area (Å²) in [6, 6.07) is -0.871. The zero-order valence-electron chi connectivity index (χ0n) is 16.3. The van der Waals surface area contributed by atoms with E-state index >= 15 is 0 Å². The van der Waals surface area contributed by atoms with Crippen molar-refractivity contribution >= 4 is 5.91 Å². The van der Waals surface area contributed by atoms with Gasteiger partial charge in [-0.2, -0.15) is 0 Å². The molecule has 0 aliphatic heterocycles. The molecule has 0 aromatic heterocycles. The van der Waals surface area contributed by atoms with Crippen LogP contribution in [0.15, 0.2) is 24.2 Å². The molecule has 2 rings (SSSR count). The minimum Gasteiger partial charge on any atom is -0.366 e. The Labute approximate surface area is 128 Å². The lowest BCUT2D eigenvalue weighted by Crippen LogP contribution is -2.15. The van der Waals surface area contributed by atoms with Crippen LogP contribution in [0.5, 0.6) is 0 Å². The Kier molecular flexibility index (Phi) is 3.89. The zero-order chi connectivity index (χ0) is 17.9. The van der Waals surface area contributed by atoms with Crippen LogP contribution in [0.2, 0.25) is 0 Å². The van der Waals surface area contributed by atoms with Crippen molar-refractivity contribution in [1.82, 2.24) is 0 Å². The van der Waals surface area contributed by atoms with E-state index in [9.17, 15) is 4.79 Å². The van der Waals surface area contributed by atoms with Crippen LogP contribution in [-0.4, -0.2) is 5.91 Å². The Bertz CT molecular complexity index is 581. The fourth-order valence-electron chi connectivity index (χ4n) is 3.15. The van der Waals surface area contributed by atoms with Crippen molar-refractivity contribution in [2.75, 3.05) is 0 Å². The summed E-state index contributed by atoms with van der Waals surface area (Å²) in [7, 11) is 0. The monoisotopic (exact) mass is 277 g/mol. The summed E-state index contributed by atoms with van der Waals surface area (Å²) >= 11 is 0. The molecule has 0 atom stereocenters. The molecule has 2 heteroatoms. The third-order valence-electron chi connectivity index (χ3n) is 4.39. The van der Waals surface area contributed by atoms with E-state index in [1.54, 1.807) is 0 Å². The number of hydrogen-bond acceptors (Lipinski definition) is 1. The molecule has 1 amide bonds. The number of benzene rings is 1. The lowest BCUT2D eigenvalue weighted by molar-refractivity contribution is 0.100. The summed E-state index contributed by atoms with van der Waals surface area (Å²) in [5.74, 6) is 0.531. The first-order chi connectivity index (χ1) is 11.4. The minimum atomic E-state index is -0.909. The van der Waals surface area contributed by atoms with Gasteiger partial charge in [0.05, 0.1) is 5.48 Å². The Morgan fingerprint density at radius 2 is 1.70 bits per heavy atom. The highest BCUT2D eigenvalue weighted by Crippen LogP contribution is 2.33. The molecule has 1 fully saturated rings. The smallest absolute Gasteiger partial charge is 0.248 e. The van der Waals surface area contributed by atoms with Crippen LogP contribution in [0.3, 0.4) is 0 Å². The van der Waals surface area contributed by atoms with Crippen LogP contribution in [0.1, 0.15) is 73.3 Å². The standard InChI is InChI=1S/C18H27NO/c1-2-3-14-4-6-15(7-5-14)8-9-16-10-12-17(13-11-16)18(19)20/h10-15H,2-9H2,1H3,(H2,19,20)/i10D,11D,12D,13D. The number of rotatable bonds is 6. The molecular weight excluding hydrogens is 246 g/mol. The van der Waals surface area contributed by atoms with Crippen LogP contribution < -0.4 is 5.73 Å². The molecule has 2 nitrogen and oxygen atoms in total. The van der Waals surface area contributed by atoms with Crippen molar-refractivity contribution in [2.24, 2.45) is 17.6 Å². The van der Waals surface area contributed by atoms with E-state index in [0.717, 1.165) is 12.3 Å². The summed E-state index contributed by atoms with van der Waals surface area (Å²) in [6.45, 7) is 2.23. The van der Waals surface area contributed by atoms with Crippen molar-refractivity contribution in [1.29, 1.82) is 0 Å².